The molecule has 0 bridgehead atoms. The quantitative estimate of drug-likeness (QED) is 0.429. The van der Waals surface area contributed by atoms with E-state index in [2.05, 4.69) is 5.92 Å². The second-order valence-corrected chi connectivity index (χ2v) is 2.98. The molecule has 0 amide bonds. The zero-order chi connectivity index (χ0) is 11.3. The van der Waals surface area contributed by atoms with E-state index in [1.807, 2.05) is 0 Å². The minimum Gasteiger partial charge on any atom is -0.489 e. The maximum Gasteiger partial charge on any atom is 0.165 e. The Morgan fingerprint density at radius 2 is 2.33 bits per heavy atom. The molecule has 1 aromatic carbocycles. The standard InChI is InChI=1S/C12H11FO2/c1-3-4-8-15-12-10(9(2)14)6-5-7-11(12)13/h1,5-7H,4,8H2,2H3. The van der Waals surface area contributed by atoms with Crippen LogP contribution in [0.15, 0.2) is 18.2 Å². The summed E-state index contributed by atoms with van der Waals surface area (Å²) in [7, 11) is 0. The van der Waals surface area contributed by atoms with Crippen molar-refractivity contribution >= 4 is 5.78 Å². The topological polar surface area (TPSA) is 26.3 Å². The number of ether oxygens (including phenoxy) is 1. The van der Waals surface area contributed by atoms with Crippen molar-refractivity contribution in [3.8, 4) is 18.1 Å². The van der Waals surface area contributed by atoms with Gasteiger partial charge in [-0.15, -0.1) is 12.3 Å². The smallest absolute Gasteiger partial charge is 0.165 e. The van der Waals surface area contributed by atoms with Crippen LogP contribution < -0.4 is 4.74 Å². The molecular weight excluding hydrogens is 195 g/mol. The van der Waals surface area contributed by atoms with Gasteiger partial charge in [0.25, 0.3) is 0 Å². The molecule has 0 heterocycles. The summed E-state index contributed by atoms with van der Waals surface area (Å²) in [6, 6.07) is 4.24. The summed E-state index contributed by atoms with van der Waals surface area (Å²) in [6.45, 7) is 1.57. The van der Waals surface area contributed by atoms with Gasteiger partial charge in [-0.3, -0.25) is 4.79 Å². The van der Waals surface area contributed by atoms with E-state index in [-0.39, 0.29) is 23.7 Å². The van der Waals surface area contributed by atoms with Crippen LogP contribution in [0, 0.1) is 18.2 Å². The summed E-state index contributed by atoms with van der Waals surface area (Å²) in [5, 5.41) is 0. The lowest BCUT2D eigenvalue weighted by Crippen LogP contribution is -2.04. The van der Waals surface area contributed by atoms with Crippen molar-refractivity contribution in [2.75, 3.05) is 6.61 Å². The Hall–Kier alpha value is -1.82. The largest absolute Gasteiger partial charge is 0.489 e. The zero-order valence-corrected chi connectivity index (χ0v) is 8.42. The van der Waals surface area contributed by atoms with Crippen molar-refractivity contribution in [2.45, 2.75) is 13.3 Å². The lowest BCUT2D eigenvalue weighted by atomic mass is 10.1. The first-order valence-corrected chi connectivity index (χ1v) is 4.52. The van der Waals surface area contributed by atoms with Crippen molar-refractivity contribution in [3.05, 3.63) is 29.6 Å². The SMILES string of the molecule is C#CCCOc1c(F)cccc1C(C)=O. The van der Waals surface area contributed by atoms with Gasteiger partial charge in [-0.25, -0.2) is 4.39 Å². The number of hydrogen-bond acceptors (Lipinski definition) is 2. The van der Waals surface area contributed by atoms with Gasteiger partial charge in [-0.05, 0) is 19.1 Å². The fourth-order valence-corrected chi connectivity index (χ4v) is 1.14. The van der Waals surface area contributed by atoms with Crippen molar-refractivity contribution in [1.29, 1.82) is 0 Å². The van der Waals surface area contributed by atoms with Crippen LogP contribution in [-0.2, 0) is 0 Å². The number of ketones is 1. The molecule has 1 aromatic rings. The van der Waals surface area contributed by atoms with Crippen molar-refractivity contribution in [1.82, 2.24) is 0 Å². The minimum atomic E-state index is -0.542. The van der Waals surface area contributed by atoms with Crippen LogP contribution in [0.25, 0.3) is 0 Å². The normalized spacial score (nSPS) is 9.40. The monoisotopic (exact) mass is 206 g/mol. The van der Waals surface area contributed by atoms with E-state index in [1.165, 1.54) is 25.1 Å². The number of benzene rings is 1. The van der Waals surface area contributed by atoms with Crippen molar-refractivity contribution in [3.63, 3.8) is 0 Å². The van der Waals surface area contributed by atoms with Gasteiger partial charge in [0.05, 0.1) is 12.2 Å². The third-order valence-corrected chi connectivity index (χ3v) is 1.84. The Kier molecular flexibility index (Phi) is 3.87. The van der Waals surface area contributed by atoms with Crippen LogP contribution in [0.3, 0.4) is 0 Å². The third-order valence-electron chi connectivity index (χ3n) is 1.84. The first-order chi connectivity index (χ1) is 7.16. The molecule has 0 spiro atoms. The molecule has 0 N–H and O–H groups in total. The molecule has 15 heavy (non-hydrogen) atoms. The van der Waals surface area contributed by atoms with Gasteiger partial charge in [-0.1, -0.05) is 6.07 Å². The average molecular weight is 206 g/mol. The molecule has 0 atom stereocenters. The summed E-state index contributed by atoms with van der Waals surface area (Å²) in [5.74, 6) is 1.59. The number of halogens is 1. The number of hydrogen-bond donors (Lipinski definition) is 0. The third kappa shape index (κ3) is 2.81. The highest BCUT2D eigenvalue weighted by atomic mass is 19.1. The predicted molar refractivity (Wildman–Crippen MR) is 55.3 cm³/mol. The maximum absolute atomic E-state index is 13.3. The zero-order valence-electron chi connectivity index (χ0n) is 8.42. The number of rotatable bonds is 4. The highest BCUT2D eigenvalue weighted by Gasteiger charge is 2.12. The lowest BCUT2D eigenvalue weighted by Gasteiger charge is -2.09. The van der Waals surface area contributed by atoms with Gasteiger partial charge in [0.15, 0.2) is 17.3 Å². The van der Waals surface area contributed by atoms with Gasteiger partial charge in [-0.2, -0.15) is 0 Å². The summed E-state index contributed by atoms with van der Waals surface area (Å²) in [4.78, 5) is 11.2. The summed E-state index contributed by atoms with van der Waals surface area (Å²) in [5.41, 5.74) is 0.243. The number of Topliss-reactive ketones (excluding diaryl/α,β-unsaturated/α-hetero) is 1. The molecule has 2 nitrogen and oxygen atoms in total. The highest BCUT2D eigenvalue weighted by Crippen LogP contribution is 2.23. The molecule has 3 heteroatoms. The Balaban J connectivity index is 2.93. The van der Waals surface area contributed by atoms with Crippen LogP contribution in [0.2, 0.25) is 0 Å². The lowest BCUT2D eigenvalue weighted by molar-refractivity contribution is 0.101. The summed E-state index contributed by atoms with van der Waals surface area (Å²) < 4.78 is 18.4. The van der Waals surface area contributed by atoms with Gasteiger partial charge < -0.3 is 4.74 Å². The molecule has 0 fully saturated rings. The maximum atomic E-state index is 13.3. The Morgan fingerprint density at radius 3 is 2.93 bits per heavy atom. The van der Waals surface area contributed by atoms with E-state index < -0.39 is 5.82 Å². The van der Waals surface area contributed by atoms with E-state index in [4.69, 9.17) is 11.2 Å². The van der Waals surface area contributed by atoms with Gasteiger partial charge in [0.2, 0.25) is 0 Å². The van der Waals surface area contributed by atoms with Gasteiger partial charge >= 0.3 is 0 Å². The summed E-state index contributed by atoms with van der Waals surface area (Å²) >= 11 is 0. The first-order valence-electron chi connectivity index (χ1n) is 4.52. The van der Waals surface area contributed by atoms with Crippen LogP contribution in [0.4, 0.5) is 4.39 Å². The molecule has 0 aliphatic rings. The van der Waals surface area contributed by atoms with Crippen molar-refractivity contribution < 1.29 is 13.9 Å². The Morgan fingerprint density at radius 1 is 1.60 bits per heavy atom. The predicted octanol–water partition coefficient (Wildman–Crippen LogP) is 2.43. The van der Waals surface area contributed by atoms with Crippen LogP contribution in [0.1, 0.15) is 23.7 Å². The molecule has 0 aliphatic heterocycles. The Labute approximate surface area is 88.1 Å². The average Bonchev–Trinajstić information content (AvgIpc) is 2.20. The molecule has 78 valence electrons. The van der Waals surface area contributed by atoms with Gasteiger partial charge in [0, 0.05) is 6.42 Å². The molecule has 0 saturated carbocycles. The molecular formula is C12H11FO2. The highest BCUT2D eigenvalue weighted by molar-refractivity contribution is 5.96. The Bertz CT molecular complexity index is 405. The van der Waals surface area contributed by atoms with Crippen LogP contribution >= 0.6 is 0 Å². The number of para-hydroxylation sites is 1. The molecule has 0 aromatic heterocycles. The molecule has 0 radical (unpaired) electrons. The molecule has 0 aliphatic carbocycles. The van der Waals surface area contributed by atoms with E-state index in [0.29, 0.717) is 6.42 Å². The van der Waals surface area contributed by atoms with E-state index in [9.17, 15) is 9.18 Å². The number of carbonyl (C=O) groups is 1. The first kappa shape index (κ1) is 11.3. The van der Waals surface area contributed by atoms with E-state index in [1.54, 1.807) is 0 Å². The molecule has 0 unspecified atom stereocenters. The van der Waals surface area contributed by atoms with Crippen LogP contribution in [-0.4, -0.2) is 12.4 Å². The molecule has 1 rings (SSSR count). The van der Waals surface area contributed by atoms with Gasteiger partial charge in [0.1, 0.15) is 0 Å². The second kappa shape index (κ2) is 5.16. The fourth-order valence-electron chi connectivity index (χ4n) is 1.14. The number of carbonyl (C=O) groups excluding carboxylic acids is 1. The van der Waals surface area contributed by atoms with Crippen LogP contribution in [0.5, 0.6) is 5.75 Å². The van der Waals surface area contributed by atoms with E-state index in [0.717, 1.165) is 0 Å². The van der Waals surface area contributed by atoms with E-state index >= 15 is 0 Å². The second-order valence-electron chi connectivity index (χ2n) is 2.98. The molecule has 0 saturated heterocycles. The summed E-state index contributed by atoms with van der Waals surface area (Å²) in [6.07, 6.45) is 5.42. The van der Waals surface area contributed by atoms with Crippen molar-refractivity contribution in [2.24, 2.45) is 0 Å². The fraction of sp³-hybridized carbons (Fsp3) is 0.250. The minimum absolute atomic E-state index is 0.0137. The number of terminal acetylenes is 1.